The molecular formula is C14H21BrFN. The molecular weight excluding hydrogens is 281 g/mol. The van der Waals surface area contributed by atoms with Crippen molar-refractivity contribution in [3.63, 3.8) is 0 Å². The number of halogens is 2. The second-order valence-electron chi connectivity index (χ2n) is 4.25. The fraction of sp³-hybridized carbons (Fsp3) is 0.571. The van der Waals surface area contributed by atoms with Crippen molar-refractivity contribution in [2.24, 2.45) is 0 Å². The van der Waals surface area contributed by atoms with Crippen LogP contribution < -0.4 is 5.32 Å². The van der Waals surface area contributed by atoms with E-state index in [2.05, 4.69) is 35.1 Å². The van der Waals surface area contributed by atoms with Crippen LogP contribution in [-0.4, -0.2) is 6.54 Å². The Balaban J connectivity index is 2.77. The second kappa shape index (κ2) is 7.83. The highest BCUT2D eigenvalue weighted by Crippen LogP contribution is 2.29. The SMILES string of the molecule is CCCCCC(NCC)c1cccc(F)c1Br. The number of hydrogen-bond acceptors (Lipinski definition) is 1. The number of benzene rings is 1. The average Bonchev–Trinajstić information content (AvgIpc) is 2.32. The fourth-order valence-corrected chi connectivity index (χ4v) is 2.54. The van der Waals surface area contributed by atoms with Crippen LogP contribution in [0.4, 0.5) is 4.39 Å². The minimum absolute atomic E-state index is 0.180. The van der Waals surface area contributed by atoms with Gasteiger partial charge in [0.05, 0.1) is 4.47 Å². The molecule has 1 atom stereocenters. The standard InChI is InChI=1S/C14H21BrFN/c1-3-5-6-10-13(17-4-2)11-8-7-9-12(16)14(11)15/h7-9,13,17H,3-6,10H2,1-2H3. The largest absolute Gasteiger partial charge is 0.310 e. The molecule has 1 N–H and O–H groups in total. The molecule has 0 aliphatic heterocycles. The lowest BCUT2D eigenvalue weighted by atomic mass is 10.0. The zero-order valence-corrected chi connectivity index (χ0v) is 12.2. The highest BCUT2D eigenvalue weighted by molar-refractivity contribution is 9.10. The minimum Gasteiger partial charge on any atom is -0.310 e. The van der Waals surface area contributed by atoms with Crippen molar-refractivity contribution in [3.05, 3.63) is 34.1 Å². The van der Waals surface area contributed by atoms with Gasteiger partial charge in [-0.3, -0.25) is 0 Å². The molecule has 1 rings (SSSR count). The van der Waals surface area contributed by atoms with E-state index in [0.717, 1.165) is 18.5 Å². The predicted molar refractivity (Wildman–Crippen MR) is 74.7 cm³/mol. The first-order valence-corrected chi connectivity index (χ1v) is 7.17. The van der Waals surface area contributed by atoms with Crippen molar-refractivity contribution in [2.45, 2.75) is 45.6 Å². The lowest BCUT2D eigenvalue weighted by Gasteiger charge is -2.19. The first kappa shape index (κ1) is 14.7. The lowest BCUT2D eigenvalue weighted by Crippen LogP contribution is -2.21. The van der Waals surface area contributed by atoms with Crippen molar-refractivity contribution in [3.8, 4) is 0 Å². The van der Waals surface area contributed by atoms with Gasteiger partial charge in [-0.25, -0.2) is 4.39 Å². The third-order valence-electron chi connectivity index (χ3n) is 2.90. The zero-order chi connectivity index (χ0) is 12.7. The number of rotatable bonds is 7. The van der Waals surface area contributed by atoms with Gasteiger partial charge in [-0.05, 0) is 40.5 Å². The molecule has 1 aromatic rings. The molecule has 0 fully saturated rings. The van der Waals surface area contributed by atoms with Crippen LogP contribution >= 0.6 is 15.9 Å². The Morgan fingerprint density at radius 3 is 2.71 bits per heavy atom. The Hall–Kier alpha value is -0.410. The van der Waals surface area contributed by atoms with E-state index < -0.39 is 0 Å². The Bertz CT molecular complexity index is 341. The molecule has 3 heteroatoms. The Kier molecular flexibility index (Phi) is 6.75. The highest BCUT2D eigenvalue weighted by atomic mass is 79.9. The van der Waals surface area contributed by atoms with Crippen LogP contribution in [0.2, 0.25) is 0 Å². The smallest absolute Gasteiger partial charge is 0.137 e. The first-order chi connectivity index (χ1) is 8.20. The molecule has 1 aromatic carbocycles. The molecule has 0 spiro atoms. The minimum atomic E-state index is -0.180. The van der Waals surface area contributed by atoms with Crippen molar-refractivity contribution in [1.29, 1.82) is 0 Å². The van der Waals surface area contributed by atoms with Gasteiger partial charge in [-0.2, -0.15) is 0 Å². The molecule has 1 nitrogen and oxygen atoms in total. The highest BCUT2D eigenvalue weighted by Gasteiger charge is 2.15. The van der Waals surface area contributed by atoms with E-state index in [-0.39, 0.29) is 11.9 Å². The van der Waals surface area contributed by atoms with Crippen molar-refractivity contribution >= 4 is 15.9 Å². The van der Waals surface area contributed by atoms with Crippen LogP contribution in [0.15, 0.2) is 22.7 Å². The molecule has 0 bridgehead atoms. The zero-order valence-electron chi connectivity index (χ0n) is 10.6. The maximum atomic E-state index is 13.5. The maximum absolute atomic E-state index is 13.5. The van der Waals surface area contributed by atoms with Crippen molar-refractivity contribution < 1.29 is 4.39 Å². The average molecular weight is 302 g/mol. The predicted octanol–water partition coefficient (Wildman–Crippen LogP) is 4.82. The van der Waals surface area contributed by atoms with Gasteiger partial charge in [-0.1, -0.05) is 45.2 Å². The molecule has 0 aliphatic carbocycles. The monoisotopic (exact) mass is 301 g/mol. The van der Waals surface area contributed by atoms with Crippen LogP contribution in [0.3, 0.4) is 0 Å². The third kappa shape index (κ3) is 4.40. The Labute approximate surface area is 112 Å². The van der Waals surface area contributed by atoms with E-state index in [0.29, 0.717) is 4.47 Å². The maximum Gasteiger partial charge on any atom is 0.137 e. The molecule has 0 aliphatic rings. The Morgan fingerprint density at radius 1 is 1.29 bits per heavy atom. The summed E-state index contributed by atoms with van der Waals surface area (Å²) >= 11 is 3.34. The van der Waals surface area contributed by atoms with Crippen LogP contribution in [0.25, 0.3) is 0 Å². The first-order valence-electron chi connectivity index (χ1n) is 6.38. The summed E-state index contributed by atoms with van der Waals surface area (Å²) in [4.78, 5) is 0. The Morgan fingerprint density at radius 2 is 2.06 bits per heavy atom. The fourth-order valence-electron chi connectivity index (χ4n) is 2.00. The van der Waals surface area contributed by atoms with Gasteiger partial charge in [-0.15, -0.1) is 0 Å². The van der Waals surface area contributed by atoms with E-state index in [4.69, 9.17) is 0 Å². The van der Waals surface area contributed by atoms with Gasteiger partial charge < -0.3 is 5.32 Å². The van der Waals surface area contributed by atoms with E-state index in [1.807, 2.05) is 6.07 Å². The number of nitrogens with one attached hydrogen (secondary N) is 1. The van der Waals surface area contributed by atoms with Gasteiger partial charge in [0.2, 0.25) is 0 Å². The topological polar surface area (TPSA) is 12.0 Å². The summed E-state index contributed by atoms with van der Waals surface area (Å²) in [5.41, 5.74) is 1.03. The number of unbranched alkanes of at least 4 members (excludes halogenated alkanes) is 2. The van der Waals surface area contributed by atoms with Crippen LogP contribution in [0.5, 0.6) is 0 Å². The summed E-state index contributed by atoms with van der Waals surface area (Å²) in [6.45, 7) is 5.18. The normalized spacial score (nSPS) is 12.7. The quantitative estimate of drug-likeness (QED) is 0.712. The van der Waals surface area contributed by atoms with Gasteiger partial charge >= 0.3 is 0 Å². The molecule has 0 aromatic heterocycles. The van der Waals surface area contributed by atoms with Crippen LogP contribution in [0.1, 0.15) is 51.1 Å². The molecule has 0 saturated heterocycles. The molecule has 0 saturated carbocycles. The van der Waals surface area contributed by atoms with Gasteiger partial charge in [0.1, 0.15) is 5.82 Å². The van der Waals surface area contributed by atoms with E-state index in [1.54, 1.807) is 6.07 Å². The molecule has 0 radical (unpaired) electrons. The summed E-state index contributed by atoms with van der Waals surface area (Å²) in [7, 11) is 0. The molecule has 0 amide bonds. The molecule has 17 heavy (non-hydrogen) atoms. The second-order valence-corrected chi connectivity index (χ2v) is 5.04. The van der Waals surface area contributed by atoms with Crippen molar-refractivity contribution in [2.75, 3.05) is 6.54 Å². The van der Waals surface area contributed by atoms with Crippen LogP contribution in [-0.2, 0) is 0 Å². The van der Waals surface area contributed by atoms with Gasteiger partial charge in [0, 0.05) is 6.04 Å². The van der Waals surface area contributed by atoms with E-state index >= 15 is 0 Å². The van der Waals surface area contributed by atoms with Crippen LogP contribution in [0, 0.1) is 5.82 Å². The number of hydrogen-bond donors (Lipinski definition) is 1. The summed E-state index contributed by atoms with van der Waals surface area (Å²) < 4.78 is 14.1. The third-order valence-corrected chi connectivity index (χ3v) is 3.74. The summed E-state index contributed by atoms with van der Waals surface area (Å²) in [6.07, 6.45) is 4.68. The van der Waals surface area contributed by atoms with Crippen molar-refractivity contribution in [1.82, 2.24) is 5.32 Å². The molecule has 1 unspecified atom stereocenters. The van der Waals surface area contributed by atoms with E-state index in [1.165, 1.54) is 25.3 Å². The summed E-state index contributed by atoms with van der Waals surface area (Å²) in [6, 6.07) is 5.51. The molecule has 96 valence electrons. The summed E-state index contributed by atoms with van der Waals surface area (Å²) in [5, 5.41) is 3.43. The van der Waals surface area contributed by atoms with Gasteiger partial charge in [0.25, 0.3) is 0 Å². The lowest BCUT2D eigenvalue weighted by molar-refractivity contribution is 0.481. The van der Waals surface area contributed by atoms with E-state index in [9.17, 15) is 4.39 Å². The molecule has 0 heterocycles. The van der Waals surface area contributed by atoms with Gasteiger partial charge in [0.15, 0.2) is 0 Å². The summed E-state index contributed by atoms with van der Waals surface area (Å²) in [5.74, 6) is -0.180.